The molecule has 4 nitrogen and oxygen atoms in total. The summed E-state index contributed by atoms with van der Waals surface area (Å²) >= 11 is 9.47. The van der Waals surface area contributed by atoms with Gasteiger partial charge in [0.2, 0.25) is 0 Å². The quantitative estimate of drug-likeness (QED) is 0.765. The minimum absolute atomic E-state index is 0.144. The van der Waals surface area contributed by atoms with E-state index in [1.165, 1.54) is 15.6 Å². The van der Waals surface area contributed by atoms with E-state index in [1.807, 2.05) is 13.8 Å². The third-order valence-electron chi connectivity index (χ3n) is 2.74. The summed E-state index contributed by atoms with van der Waals surface area (Å²) in [5.41, 5.74) is 6.47. The number of thiocarbonyl (C=S) groups is 1. The molecule has 0 saturated heterocycles. The van der Waals surface area contributed by atoms with Crippen LogP contribution < -0.4 is 5.73 Å². The van der Waals surface area contributed by atoms with E-state index in [9.17, 15) is 8.42 Å². The molecular weight excluding hydrogens is 368 g/mol. The van der Waals surface area contributed by atoms with Crippen molar-refractivity contribution in [2.24, 2.45) is 11.7 Å². The summed E-state index contributed by atoms with van der Waals surface area (Å²) in [6, 6.07) is 1.68. The molecule has 0 amide bonds. The van der Waals surface area contributed by atoms with E-state index in [0.29, 0.717) is 22.3 Å². The molecule has 1 aromatic rings. The van der Waals surface area contributed by atoms with E-state index in [1.54, 1.807) is 13.0 Å². The van der Waals surface area contributed by atoms with Crippen molar-refractivity contribution in [2.75, 3.05) is 13.1 Å². The number of nitrogens with two attached hydrogens (primary N) is 1. The summed E-state index contributed by atoms with van der Waals surface area (Å²) in [7, 11) is -3.47. The van der Waals surface area contributed by atoms with Gasteiger partial charge in [0.25, 0.3) is 10.0 Å². The standard InChI is InChI=1S/C11H17BrN2O2S3/c1-4-14(6-8(3)11(13)17)19(15,16)9-5-7(2)10(12)18-9/h5,8H,4,6H2,1-3H3,(H2,13,17). The summed E-state index contributed by atoms with van der Waals surface area (Å²) in [6.07, 6.45) is 0. The SMILES string of the molecule is CCN(CC(C)C(N)=S)S(=O)(=O)c1cc(C)c(Br)s1. The first-order valence-corrected chi connectivity index (χ1v) is 9.21. The first-order chi connectivity index (χ1) is 8.70. The fraction of sp³-hybridized carbons (Fsp3) is 0.545. The van der Waals surface area contributed by atoms with E-state index in [4.69, 9.17) is 18.0 Å². The lowest BCUT2D eigenvalue weighted by Gasteiger charge is -2.22. The Morgan fingerprint density at radius 3 is 2.58 bits per heavy atom. The number of thiophene rings is 1. The second kappa shape index (κ2) is 6.62. The minimum atomic E-state index is -3.47. The number of sulfonamides is 1. The van der Waals surface area contributed by atoms with Crippen LogP contribution in [-0.2, 0) is 10.0 Å². The van der Waals surface area contributed by atoms with Gasteiger partial charge in [0.05, 0.1) is 8.77 Å². The third-order valence-corrected chi connectivity index (χ3v) is 7.67. The average molecular weight is 385 g/mol. The molecule has 0 aliphatic carbocycles. The van der Waals surface area contributed by atoms with E-state index >= 15 is 0 Å². The first-order valence-electron chi connectivity index (χ1n) is 5.75. The lowest BCUT2D eigenvalue weighted by molar-refractivity contribution is 0.406. The summed E-state index contributed by atoms with van der Waals surface area (Å²) in [4.78, 5) is 0.331. The predicted molar refractivity (Wildman–Crippen MR) is 87.1 cm³/mol. The van der Waals surface area contributed by atoms with Gasteiger partial charge in [-0.05, 0) is 34.5 Å². The van der Waals surface area contributed by atoms with Crippen molar-refractivity contribution in [1.29, 1.82) is 0 Å². The number of rotatable bonds is 6. The summed E-state index contributed by atoms with van der Waals surface area (Å²) in [5, 5.41) is 0. The Kier molecular flexibility index (Phi) is 5.94. The Morgan fingerprint density at radius 2 is 2.21 bits per heavy atom. The maximum atomic E-state index is 12.5. The van der Waals surface area contributed by atoms with Gasteiger partial charge >= 0.3 is 0 Å². The van der Waals surface area contributed by atoms with Crippen LogP contribution in [0.25, 0.3) is 0 Å². The largest absolute Gasteiger partial charge is 0.393 e. The molecule has 0 aromatic carbocycles. The Balaban J connectivity index is 3.05. The van der Waals surface area contributed by atoms with Gasteiger partial charge in [0, 0.05) is 19.0 Å². The van der Waals surface area contributed by atoms with Crippen molar-refractivity contribution in [3.63, 3.8) is 0 Å². The van der Waals surface area contributed by atoms with Crippen molar-refractivity contribution >= 4 is 54.5 Å². The minimum Gasteiger partial charge on any atom is -0.393 e. The van der Waals surface area contributed by atoms with Crippen LogP contribution in [0.4, 0.5) is 0 Å². The summed E-state index contributed by atoms with van der Waals surface area (Å²) < 4.78 is 27.6. The van der Waals surface area contributed by atoms with Gasteiger partial charge in [-0.2, -0.15) is 4.31 Å². The van der Waals surface area contributed by atoms with E-state index in [-0.39, 0.29) is 5.92 Å². The molecule has 108 valence electrons. The normalized spacial score (nSPS) is 13.7. The molecule has 1 atom stereocenters. The fourth-order valence-electron chi connectivity index (χ4n) is 1.48. The molecule has 1 unspecified atom stereocenters. The van der Waals surface area contributed by atoms with E-state index in [2.05, 4.69) is 15.9 Å². The molecule has 0 radical (unpaired) electrons. The van der Waals surface area contributed by atoms with Crippen molar-refractivity contribution in [2.45, 2.75) is 25.0 Å². The van der Waals surface area contributed by atoms with Crippen molar-refractivity contribution < 1.29 is 8.42 Å². The number of hydrogen-bond acceptors (Lipinski definition) is 4. The fourth-order valence-corrected chi connectivity index (χ4v) is 5.47. The molecule has 0 aliphatic heterocycles. The van der Waals surface area contributed by atoms with Gasteiger partial charge in [0.15, 0.2) is 0 Å². The van der Waals surface area contributed by atoms with E-state index in [0.717, 1.165) is 9.35 Å². The van der Waals surface area contributed by atoms with Gasteiger partial charge in [-0.15, -0.1) is 11.3 Å². The Hall–Kier alpha value is -0.0200. The Bertz CT molecular complexity index is 549. The van der Waals surface area contributed by atoms with Crippen LogP contribution in [0, 0.1) is 12.8 Å². The molecule has 2 N–H and O–H groups in total. The van der Waals surface area contributed by atoms with Crippen molar-refractivity contribution in [3.8, 4) is 0 Å². The zero-order valence-electron chi connectivity index (χ0n) is 11.0. The zero-order valence-corrected chi connectivity index (χ0v) is 15.0. The highest BCUT2D eigenvalue weighted by Crippen LogP contribution is 2.32. The average Bonchev–Trinajstić information content (AvgIpc) is 2.66. The molecule has 8 heteroatoms. The Labute approximate surface area is 132 Å². The van der Waals surface area contributed by atoms with Gasteiger partial charge < -0.3 is 5.73 Å². The highest BCUT2D eigenvalue weighted by atomic mass is 79.9. The molecule has 0 spiro atoms. The van der Waals surface area contributed by atoms with E-state index < -0.39 is 10.0 Å². The van der Waals surface area contributed by atoms with Crippen LogP contribution in [0.5, 0.6) is 0 Å². The highest BCUT2D eigenvalue weighted by Gasteiger charge is 2.27. The molecular formula is C11H17BrN2O2S3. The number of hydrogen-bond donors (Lipinski definition) is 1. The smallest absolute Gasteiger partial charge is 0.252 e. The van der Waals surface area contributed by atoms with Gasteiger partial charge in [0.1, 0.15) is 4.21 Å². The van der Waals surface area contributed by atoms with Crippen LogP contribution in [0.1, 0.15) is 19.4 Å². The third kappa shape index (κ3) is 3.98. The summed E-state index contributed by atoms with van der Waals surface area (Å²) in [5.74, 6) is -0.144. The second-order valence-corrected chi connectivity index (χ2v) is 9.29. The molecule has 1 aromatic heterocycles. The van der Waals surface area contributed by atoms with Crippen molar-refractivity contribution in [1.82, 2.24) is 4.31 Å². The summed E-state index contributed by atoms with van der Waals surface area (Å²) in [6.45, 7) is 6.20. The van der Waals surface area contributed by atoms with Crippen molar-refractivity contribution in [3.05, 3.63) is 15.4 Å². The highest BCUT2D eigenvalue weighted by molar-refractivity contribution is 9.11. The molecule has 0 bridgehead atoms. The zero-order chi connectivity index (χ0) is 14.8. The molecule has 1 heterocycles. The Morgan fingerprint density at radius 1 is 1.63 bits per heavy atom. The van der Waals surface area contributed by atoms with Crippen LogP contribution in [0.2, 0.25) is 0 Å². The molecule has 1 rings (SSSR count). The van der Waals surface area contributed by atoms with Crippen LogP contribution in [-0.4, -0.2) is 30.8 Å². The molecule has 0 saturated carbocycles. The van der Waals surface area contributed by atoms with Crippen LogP contribution >= 0.6 is 39.5 Å². The monoisotopic (exact) mass is 384 g/mol. The van der Waals surface area contributed by atoms with Gasteiger partial charge in [-0.3, -0.25) is 0 Å². The van der Waals surface area contributed by atoms with Gasteiger partial charge in [-0.25, -0.2) is 8.42 Å². The maximum Gasteiger partial charge on any atom is 0.252 e. The number of aryl methyl sites for hydroxylation is 1. The molecule has 0 aliphatic rings. The predicted octanol–water partition coefficient (Wildman–Crippen LogP) is 2.75. The molecule has 19 heavy (non-hydrogen) atoms. The van der Waals surface area contributed by atoms with Gasteiger partial charge in [-0.1, -0.05) is 26.1 Å². The number of nitrogens with zero attached hydrogens (tertiary/aromatic N) is 1. The van der Waals surface area contributed by atoms with Crippen LogP contribution in [0.15, 0.2) is 14.1 Å². The lowest BCUT2D eigenvalue weighted by Crippen LogP contribution is -2.37. The van der Waals surface area contributed by atoms with Crippen LogP contribution in [0.3, 0.4) is 0 Å². The first kappa shape index (κ1) is 17.0. The lowest BCUT2D eigenvalue weighted by atomic mass is 10.2. The topological polar surface area (TPSA) is 63.4 Å². The maximum absolute atomic E-state index is 12.5. The second-order valence-electron chi connectivity index (χ2n) is 4.28. The molecule has 0 fully saturated rings. The number of halogens is 1.